The number of aromatic nitrogens is 2. The molecule has 2 rings (SSSR count). The van der Waals surface area contributed by atoms with E-state index in [0.29, 0.717) is 0 Å². The zero-order valence-electron chi connectivity index (χ0n) is 12.6. The third-order valence-corrected chi connectivity index (χ3v) is 3.48. The van der Waals surface area contributed by atoms with Crippen LogP contribution in [0.5, 0.6) is 0 Å². The second-order valence-corrected chi connectivity index (χ2v) is 5.10. The monoisotopic (exact) mass is 275 g/mol. The Morgan fingerprint density at radius 1 is 1.20 bits per heavy atom. The fourth-order valence-corrected chi connectivity index (χ4v) is 2.39. The first-order valence-corrected chi connectivity index (χ1v) is 7.58. The van der Waals surface area contributed by atoms with E-state index in [1.54, 1.807) is 0 Å². The lowest BCUT2D eigenvalue weighted by atomic mass is 10.3. The van der Waals surface area contributed by atoms with E-state index in [-0.39, 0.29) is 0 Å². The Balaban J connectivity index is 2.01. The van der Waals surface area contributed by atoms with Crippen LogP contribution < -0.4 is 5.73 Å². The molecule has 0 radical (unpaired) electrons. The van der Waals surface area contributed by atoms with Crippen molar-refractivity contribution in [3.8, 4) is 0 Å². The van der Waals surface area contributed by atoms with Gasteiger partial charge in [-0.1, -0.05) is 20.3 Å². The summed E-state index contributed by atoms with van der Waals surface area (Å²) in [6.07, 6.45) is 4.29. The van der Waals surface area contributed by atoms with E-state index >= 15 is 0 Å². The van der Waals surface area contributed by atoms with Crippen molar-refractivity contribution in [2.45, 2.75) is 46.1 Å². The third kappa shape index (κ3) is 3.51. The molecule has 2 N–H and O–H groups in total. The van der Waals surface area contributed by atoms with Crippen LogP contribution in [0.4, 0.5) is 5.69 Å². The minimum atomic E-state index is 0.771. The molecule has 110 valence electrons. The average molecular weight is 275 g/mol. The summed E-state index contributed by atoms with van der Waals surface area (Å²) in [5, 5.41) is 0. The molecule has 0 bridgehead atoms. The number of aryl methyl sites for hydroxylation is 2. The van der Waals surface area contributed by atoms with Gasteiger partial charge in [-0.25, -0.2) is 4.98 Å². The second kappa shape index (κ2) is 7.29. The van der Waals surface area contributed by atoms with Crippen molar-refractivity contribution >= 4 is 16.7 Å². The van der Waals surface area contributed by atoms with E-state index in [2.05, 4.69) is 29.5 Å². The Kier molecular flexibility index (Phi) is 5.41. The van der Waals surface area contributed by atoms with E-state index < -0.39 is 0 Å². The fourth-order valence-electron chi connectivity index (χ4n) is 2.39. The summed E-state index contributed by atoms with van der Waals surface area (Å²) in [5.74, 6) is 1.12. The molecule has 0 aliphatic rings. The molecular formula is C16H25N3O. The third-order valence-electron chi connectivity index (χ3n) is 3.48. The Bertz CT molecular complexity index is 548. The molecule has 0 aliphatic carbocycles. The molecule has 0 amide bonds. The maximum absolute atomic E-state index is 5.82. The van der Waals surface area contributed by atoms with Gasteiger partial charge in [-0.05, 0) is 31.0 Å². The topological polar surface area (TPSA) is 53.1 Å². The molecular weight excluding hydrogens is 250 g/mol. The highest BCUT2D eigenvalue weighted by Gasteiger charge is 2.09. The van der Waals surface area contributed by atoms with Crippen LogP contribution in [0.1, 0.15) is 38.9 Å². The summed E-state index contributed by atoms with van der Waals surface area (Å²) in [4.78, 5) is 4.66. The molecule has 20 heavy (non-hydrogen) atoms. The number of hydrogen-bond acceptors (Lipinski definition) is 3. The van der Waals surface area contributed by atoms with Crippen molar-refractivity contribution in [3.63, 3.8) is 0 Å². The largest absolute Gasteiger partial charge is 0.399 e. The van der Waals surface area contributed by atoms with Gasteiger partial charge in [0.25, 0.3) is 0 Å². The summed E-state index contributed by atoms with van der Waals surface area (Å²) < 4.78 is 7.91. The van der Waals surface area contributed by atoms with Gasteiger partial charge < -0.3 is 15.0 Å². The van der Waals surface area contributed by atoms with Crippen molar-refractivity contribution < 1.29 is 4.74 Å². The summed E-state index contributed by atoms with van der Waals surface area (Å²) >= 11 is 0. The van der Waals surface area contributed by atoms with Crippen LogP contribution >= 0.6 is 0 Å². The highest BCUT2D eigenvalue weighted by atomic mass is 16.5. The van der Waals surface area contributed by atoms with Crippen LogP contribution in [0.3, 0.4) is 0 Å². The van der Waals surface area contributed by atoms with Gasteiger partial charge in [-0.2, -0.15) is 0 Å². The van der Waals surface area contributed by atoms with Gasteiger partial charge in [0, 0.05) is 31.9 Å². The molecule has 0 saturated heterocycles. The van der Waals surface area contributed by atoms with E-state index in [1.807, 2.05) is 12.1 Å². The minimum Gasteiger partial charge on any atom is -0.399 e. The molecule has 0 aliphatic heterocycles. The van der Waals surface area contributed by atoms with E-state index in [9.17, 15) is 0 Å². The van der Waals surface area contributed by atoms with E-state index in [4.69, 9.17) is 10.5 Å². The number of anilines is 1. The predicted molar refractivity (Wildman–Crippen MR) is 83.9 cm³/mol. The Labute approximate surface area is 120 Å². The first-order chi connectivity index (χ1) is 9.76. The zero-order chi connectivity index (χ0) is 14.4. The number of nitrogens with zero attached hydrogens (tertiary/aromatic N) is 2. The molecule has 0 spiro atoms. The number of nitrogen functional groups attached to an aromatic ring is 1. The molecule has 0 fully saturated rings. The van der Waals surface area contributed by atoms with Gasteiger partial charge in [0.2, 0.25) is 0 Å². The molecule has 0 saturated carbocycles. The van der Waals surface area contributed by atoms with Gasteiger partial charge in [-0.15, -0.1) is 0 Å². The molecule has 4 heteroatoms. The summed E-state index contributed by atoms with van der Waals surface area (Å²) in [6, 6.07) is 5.95. The van der Waals surface area contributed by atoms with E-state index in [0.717, 1.165) is 56.0 Å². The summed E-state index contributed by atoms with van der Waals surface area (Å²) in [7, 11) is 0. The van der Waals surface area contributed by atoms with Crippen LogP contribution in [-0.2, 0) is 17.7 Å². The predicted octanol–water partition coefficient (Wildman–Crippen LogP) is 3.39. The summed E-state index contributed by atoms with van der Waals surface area (Å²) in [5.41, 5.74) is 8.76. The molecule has 0 atom stereocenters. The van der Waals surface area contributed by atoms with Gasteiger partial charge in [-0.3, -0.25) is 0 Å². The number of nitrogens with two attached hydrogens (primary N) is 1. The molecule has 1 aromatic carbocycles. The van der Waals surface area contributed by atoms with Gasteiger partial charge in [0.1, 0.15) is 5.82 Å². The van der Waals surface area contributed by atoms with Crippen LogP contribution in [0.15, 0.2) is 18.2 Å². The summed E-state index contributed by atoms with van der Waals surface area (Å²) in [6.45, 7) is 6.96. The van der Waals surface area contributed by atoms with Crippen molar-refractivity contribution in [1.82, 2.24) is 9.55 Å². The van der Waals surface area contributed by atoms with Crippen LogP contribution in [-0.4, -0.2) is 22.8 Å². The van der Waals surface area contributed by atoms with E-state index in [1.165, 1.54) is 11.9 Å². The van der Waals surface area contributed by atoms with Crippen molar-refractivity contribution in [2.24, 2.45) is 0 Å². The smallest absolute Gasteiger partial charge is 0.109 e. The van der Waals surface area contributed by atoms with Crippen molar-refractivity contribution in [2.75, 3.05) is 18.9 Å². The number of hydrogen-bond donors (Lipinski definition) is 1. The molecule has 1 heterocycles. The maximum Gasteiger partial charge on any atom is 0.109 e. The normalized spacial score (nSPS) is 11.3. The lowest BCUT2D eigenvalue weighted by Crippen LogP contribution is -2.06. The molecule has 1 aromatic heterocycles. The molecule has 0 unspecified atom stereocenters. The first kappa shape index (κ1) is 14.9. The van der Waals surface area contributed by atoms with Crippen molar-refractivity contribution in [3.05, 3.63) is 24.0 Å². The maximum atomic E-state index is 5.82. The Morgan fingerprint density at radius 2 is 2.00 bits per heavy atom. The quantitative estimate of drug-likeness (QED) is 0.593. The van der Waals surface area contributed by atoms with Gasteiger partial charge in [0.05, 0.1) is 11.0 Å². The number of fused-ring (bicyclic) bond motifs is 1. The Morgan fingerprint density at radius 3 is 2.75 bits per heavy atom. The van der Waals surface area contributed by atoms with Gasteiger partial charge in [0.15, 0.2) is 0 Å². The number of ether oxygens (including phenoxy) is 1. The minimum absolute atomic E-state index is 0.771. The standard InChI is InChI=1S/C16H25N3O/c1-3-5-10-20-11-6-9-19-15-8-7-13(17)12-14(15)18-16(19)4-2/h7-8,12H,3-6,9-11,17H2,1-2H3. The van der Waals surface area contributed by atoms with Crippen LogP contribution in [0, 0.1) is 0 Å². The highest BCUT2D eigenvalue weighted by Crippen LogP contribution is 2.19. The number of benzene rings is 1. The van der Waals surface area contributed by atoms with Crippen LogP contribution in [0.2, 0.25) is 0 Å². The highest BCUT2D eigenvalue weighted by molar-refractivity contribution is 5.79. The second-order valence-electron chi connectivity index (χ2n) is 5.10. The number of unbranched alkanes of at least 4 members (excludes halogenated alkanes) is 1. The number of rotatable bonds is 8. The van der Waals surface area contributed by atoms with Gasteiger partial charge >= 0.3 is 0 Å². The lowest BCUT2D eigenvalue weighted by Gasteiger charge is -2.08. The average Bonchev–Trinajstić information content (AvgIpc) is 2.79. The molecule has 4 nitrogen and oxygen atoms in total. The van der Waals surface area contributed by atoms with Crippen LogP contribution in [0.25, 0.3) is 11.0 Å². The fraction of sp³-hybridized carbons (Fsp3) is 0.562. The lowest BCUT2D eigenvalue weighted by molar-refractivity contribution is 0.126. The SMILES string of the molecule is CCCCOCCCn1c(CC)nc2cc(N)ccc21. The Hall–Kier alpha value is -1.55. The van der Waals surface area contributed by atoms with Crippen molar-refractivity contribution in [1.29, 1.82) is 0 Å². The number of imidazole rings is 1. The molecule has 2 aromatic rings. The zero-order valence-corrected chi connectivity index (χ0v) is 12.6. The first-order valence-electron chi connectivity index (χ1n) is 7.58.